The number of carbonyl (C=O) groups excluding carboxylic acids is 2. The minimum atomic E-state index is -1.21. The van der Waals surface area contributed by atoms with Gasteiger partial charge >= 0.3 is 5.97 Å². The molecule has 0 N–H and O–H groups in total. The normalized spacial score (nSPS) is 18.8. The lowest BCUT2D eigenvalue weighted by Gasteiger charge is -2.31. The van der Waals surface area contributed by atoms with E-state index in [-0.39, 0.29) is 23.6 Å². The Hall–Kier alpha value is -3.22. The van der Waals surface area contributed by atoms with Crippen LogP contribution in [0.4, 0.5) is 5.69 Å². The second kappa shape index (κ2) is 6.72. The highest BCUT2D eigenvalue weighted by molar-refractivity contribution is 6.11. The standard InChI is InChI=1S/C18H15NO6/c1-2-24-18(21)15-16(20)13-10-12(19(22)23)8-9-14(13)25-17(15)11-6-4-3-5-7-11/h3-10,15,17H,2H2,1H3. The van der Waals surface area contributed by atoms with Crippen molar-refractivity contribution < 1.29 is 24.0 Å². The molecule has 0 aliphatic carbocycles. The van der Waals surface area contributed by atoms with E-state index in [4.69, 9.17) is 9.47 Å². The van der Waals surface area contributed by atoms with Gasteiger partial charge in [-0.2, -0.15) is 0 Å². The molecular formula is C18H15NO6. The second-order valence-corrected chi connectivity index (χ2v) is 5.48. The third-order valence-electron chi connectivity index (χ3n) is 3.95. The number of non-ortho nitro benzene ring substituents is 1. The Bertz CT molecular complexity index is 833. The van der Waals surface area contributed by atoms with Gasteiger partial charge in [-0.05, 0) is 18.6 Å². The van der Waals surface area contributed by atoms with Gasteiger partial charge in [-0.3, -0.25) is 19.7 Å². The molecule has 1 heterocycles. The molecule has 0 aromatic heterocycles. The van der Waals surface area contributed by atoms with Crippen molar-refractivity contribution in [1.82, 2.24) is 0 Å². The summed E-state index contributed by atoms with van der Waals surface area (Å²) < 4.78 is 10.9. The van der Waals surface area contributed by atoms with E-state index in [9.17, 15) is 19.7 Å². The fourth-order valence-electron chi connectivity index (χ4n) is 2.80. The Morgan fingerprint density at radius 2 is 1.96 bits per heavy atom. The molecule has 0 bridgehead atoms. The average Bonchev–Trinajstić information content (AvgIpc) is 2.62. The van der Waals surface area contributed by atoms with E-state index < -0.39 is 28.7 Å². The highest BCUT2D eigenvalue weighted by Crippen LogP contribution is 2.40. The van der Waals surface area contributed by atoms with Gasteiger partial charge in [0.05, 0.1) is 17.1 Å². The molecule has 7 nitrogen and oxygen atoms in total. The molecule has 7 heteroatoms. The summed E-state index contributed by atoms with van der Waals surface area (Å²) in [4.78, 5) is 35.6. The number of esters is 1. The van der Waals surface area contributed by atoms with Crippen molar-refractivity contribution in [3.63, 3.8) is 0 Å². The minimum absolute atomic E-state index is 0.0134. The molecule has 128 valence electrons. The summed E-state index contributed by atoms with van der Waals surface area (Å²) >= 11 is 0. The monoisotopic (exact) mass is 341 g/mol. The van der Waals surface area contributed by atoms with Crippen LogP contribution < -0.4 is 4.74 Å². The predicted molar refractivity (Wildman–Crippen MR) is 87.4 cm³/mol. The number of fused-ring (bicyclic) bond motifs is 1. The first kappa shape index (κ1) is 16.6. The molecule has 0 saturated heterocycles. The van der Waals surface area contributed by atoms with Crippen LogP contribution in [0.25, 0.3) is 0 Å². The van der Waals surface area contributed by atoms with E-state index in [0.29, 0.717) is 5.56 Å². The summed E-state index contributed by atoms with van der Waals surface area (Å²) in [5, 5.41) is 11.0. The van der Waals surface area contributed by atoms with Crippen molar-refractivity contribution in [3.8, 4) is 5.75 Å². The number of rotatable bonds is 4. The fraction of sp³-hybridized carbons (Fsp3) is 0.222. The van der Waals surface area contributed by atoms with Gasteiger partial charge in [0.2, 0.25) is 0 Å². The van der Waals surface area contributed by atoms with Gasteiger partial charge in [-0.25, -0.2) is 0 Å². The Morgan fingerprint density at radius 1 is 1.24 bits per heavy atom. The fourth-order valence-corrected chi connectivity index (χ4v) is 2.80. The highest BCUT2D eigenvalue weighted by Gasteiger charge is 2.44. The molecule has 0 radical (unpaired) electrons. The maximum Gasteiger partial charge on any atom is 0.321 e. The Balaban J connectivity index is 2.09. The van der Waals surface area contributed by atoms with Crippen LogP contribution in [0.3, 0.4) is 0 Å². The summed E-state index contributed by atoms with van der Waals surface area (Å²) in [6.07, 6.45) is -0.846. The first-order valence-corrected chi connectivity index (χ1v) is 7.73. The number of nitro groups is 1. The molecule has 2 aromatic rings. The van der Waals surface area contributed by atoms with Gasteiger partial charge in [-0.15, -0.1) is 0 Å². The minimum Gasteiger partial charge on any atom is -0.484 e. The summed E-state index contributed by atoms with van der Waals surface area (Å²) in [7, 11) is 0. The molecule has 2 atom stereocenters. The number of nitrogens with zero attached hydrogens (tertiary/aromatic N) is 1. The van der Waals surface area contributed by atoms with Crippen LogP contribution in [0.5, 0.6) is 5.75 Å². The number of ketones is 1. The lowest BCUT2D eigenvalue weighted by molar-refractivity contribution is -0.384. The first-order valence-electron chi connectivity index (χ1n) is 7.73. The molecule has 2 aromatic carbocycles. The van der Waals surface area contributed by atoms with Crippen LogP contribution in [0, 0.1) is 16.0 Å². The number of nitro benzene ring substituents is 1. The van der Waals surface area contributed by atoms with E-state index >= 15 is 0 Å². The van der Waals surface area contributed by atoms with Crippen molar-refractivity contribution in [3.05, 3.63) is 69.8 Å². The maximum absolute atomic E-state index is 12.9. The summed E-state index contributed by atoms with van der Waals surface area (Å²) in [5.74, 6) is -2.25. The van der Waals surface area contributed by atoms with Gasteiger partial charge in [0.1, 0.15) is 11.9 Å². The largest absolute Gasteiger partial charge is 0.484 e. The second-order valence-electron chi connectivity index (χ2n) is 5.48. The molecule has 1 aliphatic heterocycles. The van der Waals surface area contributed by atoms with Gasteiger partial charge in [0, 0.05) is 12.1 Å². The van der Waals surface area contributed by atoms with Crippen LogP contribution in [-0.4, -0.2) is 23.3 Å². The molecule has 0 saturated carbocycles. The van der Waals surface area contributed by atoms with Crippen LogP contribution in [0.1, 0.15) is 28.9 Å². The summed E-state index contributed by atoms with van der Waals surface area (Å²) in [6.45, 7) is 1.76. The molecule has 1 aliphatic rings. The Kier molecular flexibility index (Phi) is 4.47. The van der Waals surface area contributed by atoms with Crippen LogP contribution in [0.15, 0.2) is 48.5 Å². The zero-order chi connectivity index (χ0) is 18.0. The van der Waals surface area contributed by atoms with E-state index in [1.54, 1.807) is 31.2 Å². The highest BCUT2D eigenvalue weighted by atomic mass is 16.6. The quantitative estimate of drug-likeness (QED) is 0.367. The first-order chi connectivity index (χ1) is 12.0. The van der Waals surface area contributed by atoms with Gasteiger partial charge in [0.15, 0.2) is 11.7 Å². The Morgan fingerprint density at radius 3 is 2.60 bits per heavy atom. The number of carbonyl (C=O) groups is 2. The van der Waals surface area contributed by atoms with Crippen LogP contribution in [-0.2, 0) is 9.53 Å². The lowest BCUT2D eigenvalue weighted by Crippen LogP contribution is -2.38. The zero-order valence-corrected chi connectivity index (χ0v) is 13.4. The molecular weight excluding hydrogens is 326 g/mol. The number of hydrogen-bond donors (Lipinski definition) is 0. The third-order valence-corrected chi connectivity index (χ3v) is 3.95. The summed E-state index contributed by atoms with van der Waals surface area (Å²) in [6, 6.07) is 12.6. The van der Waals surface area contributed by atoms with Crippen molar-refractivity contribution in [1.29, 1.82) is 0 Å². The van der Waals surface area contributed by atoms with E-state index in [1.807, 2.05) is 6.07 Å². The van der Waals surface area contributed by atoms with Crippen molar-refractivity contribution in [2.45, 2.75) is 13.0 Å². The van der Waals surface area contributed by atoms with Gasteiger partial charge in [0.25, 0.3) is 5.69 Å². The lowest BCUT2D eigenvalue weighted by atomic mass is 9.85. The SMILES string of the molecule is CCOC(=O)C1C(=O)c2cc([N+](=O)[O-])ccc2OC1c1ccccc1. The third kappa shape index (κ3) is 3.08. The number of ether oxygens (including phenoxy) is 2. The van der Waals surface area contributed by atoms with Crippen molar-refractivity contribution >= 4 is 17.4 Å². The molecule has 25 heavy (non-hydrogen) atoms. The average molecular weight is 341 g/mol. The molecule has 2 unspecified atom stereocenters. The van der Waals surface area contributed by atoms with E-state index in [0.717, 1.165) is 6.07 Å². The van der Waals surface area contributed by atoms with Gasteiger partial charge < -0.3 is 9.47 Å². The molecule has 3 rings (SSSR count). The number of benzene rings is 2. The predicted octanol–water partition coefficient (Wildman–Crippen LogP) is 3.09. The van der Waals surface area contributed by atoms with Crippen LogP contribution in [0.2, 0.25) is 0 Å². The summed E-state index contributed by atoms with van der Waals surface area (Å²) in [5.41, 5.74) is 0.425. The van der Waals surface area contributed by atoms with E-state index in [2.05, 4.69) is 0 Å². The maximum atomic E-state index is 12.9. The van der Waals surface area contributed by atoms with Crippen LogP contribution >= 0.6 is 0 Å². The Labute approximate surface area is 143 Å². The molecule has 0 amide bonds. The number of Topliss-reactive ketones (excluding diaryl/α,β-unsaturated/α-hetero) is 1. The molecule has 0 spiro atoms. The zero-order valence-electron chi connectivity index (χ0n) is 13.4. The van der Waals surface area contributed by atoms with Crippen molar-refractivity contribution in [2.75, 3.05) is 6.61 Å². The van der Waals surface area contributed by atoms with E-state index in [1.165, 1.54) is 12.1 Å². The number of hydrogen-bond acceptors (Lipinski definition) is 6. The topological polar surface area (TPSA) is 95.7 Å². The molecule has 0 fully saturated rings. The van der Waals surface area contributed by atoms with Crippen molar-refractivity contribution in [2.24, 2.45) is 5.92 Å². The smallest absolute Gasteiger partial charge is 0.321 e. The van der Waals surface area contributed by atoms with Gasteiger partial charge in [-0.1, -0.05) is 30.3 Å².